The van der Waals surface area contributed by atoms with Crippen LogP contribution < -0.4 is 0 Å². The number of hydrogen-bond donors (Lipinski definition) is 1. The van der Waals surface area contributed by atoms with Gasteiger partial charge in [-0.15, -0.1) is 0 Å². The van der Waals surface area contributed by atoms with E-state index >= 15 is 0 Å². The summed E-state index contributed by atoms with van der Waals surface area (Å²) in [7, 11) is -3.48. The lowest BCUT2D eigenvalue weighted by Gasteiger charge is -2.11. The lowest BCUT2D eigenvalue weighted by molar-refractivity contribution is 0.467. The standard InChI is InChI=1S/C23H23N3O3S/c1-16-2-6-19(7-3-16)30(28,29)14-18-12-20-21(13-25-11-10-24-15-25)23(27)9-8-22(20)26(18)17-4-5-17/h2-3,6-12,15,17,27H,4-5,13-14H2,1H3. The number of rotatable bonds is 6. The van der Waals surface area contributed by atoms with Crippen molar-refractivity contribution in [2.24, 2.45) is 0 Å². The van der Waals surface area contributed by atoms with Crippen molar-refractivity contribution in [3.05, 3.63) is 78.0 Å². The average molecular weight is 422 g/mol. The van der Waals surface area contributed by atoms with E-state index in [9.17, 15) is 13.5 Å². The molecule has 2 aromatic carbocycles. The number of aryl methyl sites for hydroxylation is 1. The number of fused-ring (bicyclic) bond motifs is 1. The molecule has 2 heterocycles. The molecule has 30 heavy (non-hydrogen) atoms. The van der Waals surface area contributed by atoms with Crippen LogP contribution in [0.25, 0.3) is 10.9 Å². The molecule has 1 saturated carbocycles. The highest BCUT2D eigenvalue weighted by atomic mass is 32.2. The monoisotopic (exact) mass is 421 g/mol. The van der Waals surface area contributed by atoms with Crippen LogP contribution in [0.2, 0.25) is 0 Å². The number of nitrogens with zero attached hydrogens (tertiary/aromatic N) is 3. The molecule has 0 amide bonds. The van der Waals surface area contributed by atoms with Gasteiger partial charge in [0.1, 0.15) is 5.75 Å². The molecule has 2 aromatic heterocycles. The minimum absolute atomic E-state index is 0.0630. The Kier molecular flexibility index (Phi) is 4.43. The molecule has 7 heteroatoms. The summed E-state index contributed by atoms with van der Waals surface area (Å²) in [5, 5.41) is 11.4. The molecule has 1 N–H and O–H groups in total. The van der Waals surface area contributed by atoms with E-state index in [1.165, 1.54) is 0 Å². The van der Waals surface area contributed by atoms with Gasteiger partial charge >= 0.3 is 0 Å². The smallest absolute Gasteiger partial charge is 0.183 e. The predicted molar refractivity (Wildman–Crippen MR) is 115 cm³/mol. The van der Waals surface area contributed by atoms with E-state index in [0.29, 0.717) is 17.5 Å². The van der Waals surface area contributed by atoms with Crippen LogP contribution in [0.15, 0.2) is 66.1 Å². The number of phenolic OH excluding ortho intramolecular Hbond substituents is 1. The van der Waals surface area contributed by atoms with E-state index in [4.69, 9.17) is 0 Å². The Morgan fingerprint density at radius 1 is 1.13 bits per heavy atom. The second-order valence-corrected chi connectivity index (χ2v) is 10.0. The first-order chi connectivity index (χ1) is 14.4. The van der Waals surface area contributed by atoms with Crippen LogP contribution in [0.3, 0.4) is 0 Å². The fraction of sp³-hybridized carbons (Fsp3) is 0.261. The van der Waals surface area contributed by atoms with Crippen LogP contribution in [0.4, 0.5) is 0 Å². The summed E-state index contributed by atoms with van der Waals surface area (Å²) >= 11 is 0. The number of imidazole rings is 1. The molecule has 5 rings (SSSR count). The average Bonchev–Trinajstić information content (AvgIpc) is 3.28. The maximum atomic E-state index is 13.1. The Labute approximate surface area is 175 Å². The van der Waals surface area contributed by atoms with Crippen LogP contribution in [-0.4, -0.2) is 27.6 Å². The summed E-state index contributed by atoms with van der Waals surface area (Å²) < 4.78 is 30.3. The molecule has 1 aliphatic carbocycles. The number of phenols is 1. The Morgan fingerprint density at radius 3 is 2.57 bits per heavy atom. The Morgan fingerprint density at radius 2 is 1.90 bits per heavy atom. The van der Waals surface area contributed by atoms with Crippen molar-refractivity contribution in [2.45, 2.75) is 43.0 Å². The lowest BCUT2D eigenvalue weighted by Crippen LogP contribution is -2.09. The zero-order chi connectivity index (χ0) is 20.9. The van der Waals surface area contributed by atoms with Gasteiger partial charge in [-0.2, -0.15) is 0 Å². The number of hydrogen-bond acceptors (Lipinski definition) is 4. The molecule has 0 atom stereocenters. The minimum Gasteiger partial charge on any atom is -0.508 e. The van der Waals surface area contributed by atoms with Gasteiger partial charge < -0.3 is 14.2 Å². The van der Waals surface area contributed by atoms with Crippen LogP contribution in [0.5, 0.6) is 5.75 Å². The van der Waals surface area contributed by atoms with Gasteiger partial charge in [0, 0.05) is 40.6 Å². The van der Waals surface area contributed by atoms with Crippen molar-refractivity contribution in [3.8, 4) is 5.75 Å². The maximum Gasteiger partial charge on any atom is 0.183 e. The van der Waals surface area contributed by atoms with Gasteiger partial charge in [0.2, 0.25) is 0 Å². The van der Waals surface area contributed by atoms with E-state index in [-0.39, 0.29) is 11.5 Å². The maximum absolute atomic E-state index is 13.1. The van der Waals surface area contributed by atoms with E-state index in [2.05, 4.69) is 9.55 Å². The fourth-order valence-electron chi connectivity index (χ4n) is 4.03. The van der Waals surface area contributed by atoms with Gasteiger partial charge in [-0.3, -0.25) is 0 Å². The van der Waals surface area contributed by atoms with E-state index in [1.54, 1.807) is 30.7 Å². The summed E-state index contributed by atoms with van der Waals surface area (Å²) in [5.41, 5.74) is 3.55. The lowest BCUT2D eigenvalue weighted by atomic mass is 10.1. The van der Waals surface area contributed by atoms with E-state index in [1.807, 2.05) is 42.0 Å². The van der Waals surface area contributed by atoms with Gasteiger partial charge in [-0.05, 0) is 50.1 Å². The van der Waals surface area contributed by atoms with Crippen molar-refractivity contribution >= 4 is 20.7 Å². The van der Waals surface area contributed by atoms with Crippen molar-refractivity contribution in [3.63, 3.8) is 0 Å². The van der Waals surface area contributed by atoms with Crippen LogP contribution in [0, 0.1) is 6.92 Å². The quantitative estimate of drug-likeness (QED) is 0.506. The third-order valence-corrected chi connectivity index (χ3v) is 7.39. The Bertz CT molecular complexity index is 1320. The largest absolute Gasteiger partial charge is 0.508 e. The molecular weight excluding hydrogens is 398 g/mol. The second kappa shape index (κ2) is 7.02. The Hall–Kier alpha value is -3.06. The molecule has 1 fully saturated rings. The molecule has 154 valence electrons. The number of sulfone groups is 1. The SMILES string of the molecule is Cc1ccc(S(=O)(=O)Cc2cc3c(Cn4ccnc4)c(O)ccc3n2C2CC2)cc1. The number of aromatic hydroxyl groups is 1. The molecule has 0 radical (unpaired) electrons. The first kappa shape index (κ1) is 18.9. The molecule has 0 aliphatic heterocycles. The molecule has 0 spiro atoms. The highest BCUT2D eigenvalue weighted by molar-refractivity contribution is 7.90. The highest BCUT2D eigenvalue weighted by Gasteiger charge is 2.30. The molecule has 1 aliphatic rings. The number of aromatic nitrogens is 3. The molecule has 4 aromatic rings. The molecule has 0 saturated heterocycles. The van der Waals surface area contributed by atoms with Gasteiger partial charge in [0.15, 0.2) is 9.84 Å². The normalized spacial score (nSPS) is 14.4. The summed E-state index contributed by atoms with van der Waals surface area (Å²) in [6.45, 7) is 2.41. The van der Waals surface area contributed by atoms with Crippen LogP contribution in [0.1, 0.15) is 35.7 Å². The van der Waals surface area contributed by atoms with Crippen molar-refractivity contribution in [1.29, 1.82) is 0 Å². The summed E-state index contributed by atoms with van der Waals surface area (Å²) in [5.74, 6) is 0.143. The predicted octanol–water partition coefficient (Wildman–Crippen LogP) is 4.21. The summed E-state index contributed by atoms with van der Waals surface area (Å²) in [4.78, 5) is 4.41. The van der Waals surface area contributed by atoms with Gasteiger partial charge in [0.25, 0.3) is 0 Å². The highest BCUT2D eigenvalue weighted by Crippen LogP contribution is 2.42. The minimum atomic E-state index is -3.48. The molecular formula is C23H23N3O3S. The van der Waals surface area contributed by atoms with Crippen molar-refractivity contribution in [1.82, 2.24) is 14.1 Å². The van der Waals surface area contributed by atoms with Crippen molar-refractivity contribution < 1.29 is 13.5 Å². The van der Waals surface area contributed by atoms with Crippen molar-refractivity contribution in [2.75, 3.05) is 0 Å². The van der Waals surface area contributed by atoms with Gasteiger partial charge in [0.05, 0.1) is 23.5 Å². The second-order valence-electron chi connectivity index (χ2n) is 8.04. The van der Waals surface area contributed by atoms with Gasteiger partial charge in [-0.1, -0.05) is 17.7 Å². The summed E-state index contributed by atoms with van der Waals surface area (Å²) in [6.07, 6.45) is 7.34. The first-order valence-corrected chi connectivity index (χ1v) is 11.7. The Balaban J connectivity index is 1.61. The first-order valence-electron chi connectivity index (χ1n) is 10.0. The zero-order valence-electron chi connectivity index (χ0n) is 16.7. The molecule has 0 unspecified atom stereocenters. The van der Waals surface area contributed by atoms with Crippen LogP contribution in [-0.2, 0) is 22.1 Å². The number of benzene rings is 2. The van der Waals surface area contributed by atoms with E-state index in [0.717, 1.165) is 40.6 Å². The third kappa shape index (κ3) is 3.39. The van der Waals surface area contributed by atoms with E-state index < -0.39 is 9.84 Å². The fourth-order valence-corrected chi connectivity index (χ4v) is 5.36. The van der Waals surface area contributed by atoms with Crippen LogP contribution >= 0.6 is 0 Å². The zero-order valence-corrected chi connectivity index (χ0v) is 17.5. The molecule has 6 nitrogen and oxygen atoms in total. The molecule has 0 bridgehead atoms. The third-order valence-electron chi connectivity index (χ3n) is 5.72. The summed E-state index contributed by atoms with van der Waals surface area (Å²) in [6, 6.07) is 12.8. The topological polar surface area (TPSA) is 77.1 Å². The van der Waals surface area contributed by atoms with Gasteiger partial charge in [-0.25, -0.2) is 13.4 Å².